The Kier molecular flexibility index (Phi) is 4.96. The maximum absolute atomic E-state index is 12.1. The van der Waals surface area contributed by atoms with Crippen LogP contribution >= 0.6 is 11.3 Å². The van der Waals surface area contributed by atoms with Crippen LogP contribution in [0.15, 0.2) is 22.1 Å². The van der Waals surface area contributed by atoms with Gasteiger partial charge in [-0.1, -0.05) is 0 Å². The monoisotopic (exact) mass is 348 g/mol. The minimum absolute atomic E-state index is 0.0550. The fourth-order valence-corrected chi connectivity index (χ4v) is 3.23. The van der Waals surface area contributed by atoms with Crippen LogP contribution in [-0.2, 0) is 11.2 Å². The number of nitrogens with one attached hydrogen (secondary N) is 2. The molecule has 1 unspecified atom stereocenters. The lowest BCUT2D eigenvalue weighted by atomic mass is 10.2. The third-order valence-electron chi connectivity index (χ3n) is 4.01. The van der Waals surface area contributed by atoms with Crippen molar-refractivity contribution in [3.8, 4) is 0 Å². The van der Waals surface area contributed by atoms with E-state index in [1.807, 2.05) is 0 Å². The molecule has 0 bridgehead atoms. The number of hydrogen-bond acceptors (Lipinski definition) is 6. The van der Waals surface area contributed by atoms with E-state index in [0.29, 0.717) is 34.6 Å². The Morgan fingerprint density at radius 3 is 2.92 bits per heavy atom. The predicted molar refractivity (Wildman–Crippen MR) is 90.9 cm³/mol. The maximum Gasteiger partial charge on any atom is 0.260 e. The molecule has 8 heteroatoms. The molecular weight excluding hydrogens is 328 g/mol. The molecule has 0 aliphatic heterocycles. The molecule has 0 aromatic carbocycles. The van der Waals surface area contributed by atoms with E-state index in [-0.39, 0.29) is 24.3 Å². The van der Waals surface area contributed by atoms with Gasteiger partial charge in [-0.25, -0.2) is 4.98 Å². The number of anilines is 1. The molecule has 1 saturated carbocycles. The first-order valence-corrected chi connectivity index (χ1v) is 8.74. The van der Waals surface area contributed by atoms with Crippen molar-refractivity contribution in [2.24, 2.45) is 11.7 Å². The first-order chi connectivity index (χ1) is 11.6. The number of nitrogens with zero attached hydrogens (tertiary/aromatic N) is 1. The van der Waals surface area contributed by atoms with E-state index in [0.717, 1.165) is 12.8 Å². The van der Waals surface area contributed by atoms with Crippen LogP contribution in [-0.4, -0.2) is 29.4 Å². The Morgan fingerprint density at radius 1 is 1.50 bits per heavy atom. The summed E-state index contributed by atoms with van der Waals surface area (Å²) in [6.07, 6.45) is 3.90. The molecule has 7 nitrogen and oxygen atoms in total. The highest BCUT2D eigenvalue weighted by Gasteiger charge is 2.31. The summed E-state index contributed by atoms with van der Waals surface area (Å²) in [4.78, 5) is 28.5. The minimum atomic E-state index is -0.275. The third kappa shape index (κ3) is 4.01. The van der Waals surface area contributed by atoms with Crippen LogP contribution in [0.3, 0.4) is 0 Å². The van der Waals surface area contributed by atoms with Crippen LogP contribution in [0, 0.1) is 12.8 Å². The van der Waals surface area contributed by atoms with Crippen molar-refractivity contribution >= 4 is 28.3 Å². The molecule has 4 N–H and O–H groups in total. The van der Waals surface area contributed by atoms with E-state index >= 15 is 0 Å². The maximum atomic E-state index is 12.1. The molecule has 128 valence electrons. The van der Waals surface area contributed by atoms with Crippen LogP contribution in [0.25, 0.3) is 0 Å². The summed E-state index contributed by atoms with van der Waals surface area (Å²) in [5.41, 5.74) is 6.79. The Balaban J connectivity index is 1.54. The van der Waals surface area contributed by atoms with Crippen molar-refractivity contribution < 1.29 is 14.0 Å². The minimum Gasteiger partial charge on any atom is -0.469 e. The summed E-state index contributed by atoms with van der Waals surface area (Å²) in [5, 5.41) is 7.90. The van der Waals surface area contributed by atoms with Gasteiger partial charge in [-0.05, 0) is 31.7 Å². The van der Waals surface area contributed by atoms with Gasteiger partial charge < -0.3 is 15.5 Å². The SMILES string of the molecule is Cc1occc1C(=O)Nc1nc(CC(=O)NC(CN)C2CC2)cs1. The molecule has 24 heavy (non-hydrogen) atoms. The lowest BCUT2D eigenvalue weighted by Crippen LogP contribution is -2.42. The number of carbonyl (C=O) groups is 2. The van der Waals surface area contributed by atoms with Gasteiger partial charge in [0.1, 0.15) is 5.76 Å². The highest BCUT2D eigenvalue weighted by molar-refractivity contribution is 7.14. The van der Waals surface area contributed by atoms with Gasteiger partial charge >= 0.3 is 0 Å². The summed E-state index contributed by atoms with van der Waals surface area (Å²) in [6, 6.07) is 1.66. The predicted octanol–water partition coefficient (Wildman–Crippen LogP) is 1.69. The number of thiazole rings is 1. The Hall–Kier alpha value is -2.19. The molecule has 0 spiro atoms. The number of aryl methyl sites for hydroxylation is 1. The molecule has 0 saturated heterocycles. The van der Waals surface area contributed by atoms with Gasteiger partial charge in [0.15, 0.2) is 5.13 Å². The smallest absolute Gasteiger partial charge is 0.260 e. The van der Waals surface area contributed by atoms with Crippen molar-refractivity contribution in [2.75, 3.05) is 11.9 Å². The van der Waals surface area contributed by atoms with Crippen molar-refractivity contribution in [3.63, 3.8) is 0 Å². The fraction of sp³-hybridized carbons (Fsp3) is 0.438. The topological polar surface area (TPSA) is 110 Å². The summed E-state index contributed by atoms with van der Waals surface area (Å²) < 4.78 is 5.11. The molecule has 2 aromatic heterocycles. The zero-order valence-corrected chi connectivity index (χ0v) is 14.2. The molecule has 2 aromatic rings. The highest BCUT2D eigenvalue weighted by Crippen LogP contribution is 2.32. The second kappa shape index (κ2) is 7.14. The molecule has 1 aliphatic rings. The normalized spacial score (nSPS) is 15.1. The van der Waals surface area contributed by atoms with Crippen LogP contribution in [0.2, 0.25) is 0 Å². The summed E-state index contributed by atoms with van der Waals surface area (Å²) in [5.74, 6) is 0.703. The van der Waals surface area contributed by atoms with Crippen LogP contribution in [0.4, 0.5) is 5.13 Å². The Labute approximate surface area is 143 Å². The van der Waals surface area contributed by atoms with Crippen LogP contribution in [0.5, 0.6) is 0 Å². The molecule has 2 amide bonds. The largest absolute Gasteiger partial charge is 0.469 e. The number of hydrogen-bond donors (Lipinski definition) is 3. The van der Waals surface area contributed by atoms with Gasteiger partial charge in [-0.15, -0.1) is 11.3 Å². The molecular formula is C16H20N4O3S. The summed E-state index contributed by atoms with van der Waals surface area (Å²) in [7, 11) is 0. The van der Waals surface area contributed by atoms with Crippen molar-refractivity contribution in [1.82, 2.24) is 10.3 Å². The lowest BCUT2D eigenvalue weighted by molar-refractivity contribution is -0.121. The van der Waals surface area contributed by atoms with Crippen LogP contribution in [0.1, 0.15) is 34.7 Å². The average Bonchev–Trinajstić information content (AvgIpc) is 3.16. The number of furan rings is 1. The van der Waals surface area contributed by atoms with Gasteiger partial charge in [0.25, 0.3) is 5.91 Å². The fourth-order valence-electron chi connectivity index (χ4n) is 2.52. The molecule has 1 fully saturated rings. The van der Waals surface area contributed by atoms with E-state index in [4.69, 9.17) is 10.2 Å². The van der Waals surface area contributed by atoms with Crippen molar-refractivity contribution in [1.29, 1.82) is 0 Å². The number of nitrogens with two attached hydrogens (primary N) is 1. The van der Waals surface area contributed by atoms with Gasteiger partial charge in [-0.2, -0.15) is 0 Å². The zero-order chi connectivity index (χ0) is 17.1. The second-order valence-corrected chi connectivity index (χ2v) is 6.77. The third-order valence-corrected chi connectivity index (χ3v) is 4.82. The van der Waals surface area contributed by atoms with Gasteiger partial charge in [-0.3, -0.25) is 14.9 Å². The van der Waals surface area contributed by atoms with Crippen molar-refractivity contribution in [3.05, 3.63) is 34.7 Å². The van der Waals surface area contributed by atoms with E-state index in [2.05, 4.69) is 15.6 Å². The summed E-state index contributed by atoms with van der Waals surface area (Å²) >= 11 is 1.29. The van der Waals surface area contributed by atoms with Gasteiger partial charge in [0.05, 0.1) is 23.9 Å². The lowest BCUT2D eigenvalue weighted by Gasteiger charge is -2.15. The number of carbonyl (C=O) groups excluding carboxylic acids is 2. The average molecular weight is 348 g/mol. The standard InChI is InChI=1S/C16H20N4O3S/c1-9-12(4-5-23-9)15(22)20-16-18-11(8-24-16)6-14(21)19-13(7-17)10-2-3-10/h4-5,8,10,13H,2-3,6-7,17H2,1H3,(H,19,21)(H,18,20,22). The van der Waals surface area contributed by atoms with Crippen LogP contribution < -0.4 is 16.4 Å². The molecule has 3 rings (SSSR count). The Morgan fingerprint density at radius 2 is 2.29 bits per heavy atom. The number of rotatable bonds is 7. The molecule has 1 aliphatic carbocycles. The molecule has 1 atom stereocenters. The first kappa shape index (κ1) is 16.7. The van der Waals surface area contributed by atoms with Gasteiger partial charge in [0, 0.05) is 18.0 Å². The summed E-state index contributed by atoms with van der Waals surface area (Å²) in [6.45, 7) is 2.18. The quantitative estimate of drug-likeness (QED) is 0.705. The van der Waals surface area contributed by atoms with Crippen molar-refractivity contribution in [2.45, 2.75) is 32.2 Å². The van der Waals surface area contributed by atoms with E-state index in [9.17, 15) is 9.59 Å². The number of amides is 2. The molecule has 0 radical (unpaired) electrons. The van der Waals surface area contributed by atoms with E-state index in [1.165, 1.54) is 17.6 Å². The van der Waals surface area contributed by atoms with E-state index in [1.54, 1.807) is 18.4 Å². The van der Waals surface area contributed by atoms with E-state index < -0.39 is 0 Å². The van der Waals surface area contributed by atoms with Gasteiger partial charge in [0.2, 0.25) is 5.91 Å². The highest BCUT2D eigenvalue weighted by atomic mass is 32.1. The molecule has 2 heterocycles. The second-order valence-electron chi connectivity index (χ2n) is 5.91. The zero-order valence-electron chi connectivity index (χ0n) is 13.4. The Bertz CT molecular complexity index is 735. The number of aromatic nitrogens is 1. The first-order valence-electron chi connectivity index (χ1n) is 7.86.